The van der Waals surface area contributed by atoms with Crippen LogP contribution in [0.5, 0.6) is 0 Å². The van der Waals surface area contributed by atoms with Crippen molar-refractivity contribution in [3.63, 3.8) is 0 Å². The molecule has 0 aliphatic heterocycles. The summed E-state index contributed by atoms with van der Waals surface area (Å²) in [7, 11) is 0. The van der Waals surface area contributed by atoms with E-state index in [9.17, 15) is 20.0 Å². The number of nitriles is 1. The van der Waals surface area contributed by atoms with Crippen LogP contribution in [0.4, 0.5) is 10.6 Å². The van der Waals surface area contributed by atoms with E-state index in [0.29, 0.717) is 29.1 Å². The number of ether oxygens (including phenoxy) is 1. The van der Waals surface area contributed by atoms with Crippen LogP contribution in [-0.4, -0.2) is 26.9 Å². The van der Waals surface area contributed by atoms with Gasteiger partial charge < -0.3 is 9.84 Å². The predicted molar refractivity (Wildman–Crippen MR) is 142 cm³/mol. The van der Waals surface area contributed by atoms with Crippen molar-refractivity contribution in [2.24, 2.45) is 0 Å². The summed E-state index contributed by atoms with van der Waals surface area (Å²) in [5.74, 6) is -0.645. The Morgan fingerprint density at radius 2 is 1.79 bits per heavy atom. The molecule has 1 saturated carbocycles. The topological polar surface area (TPSA) is 117 Å². The van der Waals surface area contributed by atoms with Crippen LogP contribution in [0, 0.1) is 11.3 Å². The lowest BCUT2D eigenvalue weighted by Gasteiger charge is -2.17. The van der Waals surface area contributed by atoms with E-state index in [2.05, 4.69) is 16.5 Å². The van der Waals surface area contributed by atoms with Crippen molar-refractivity contribution < 1.29 is 19.4 Å². The molecule has 8 nitrogen and oxygen atoms in total. The molecule has 1 aliphatic carbocycles. The molecule has 1 unspecified atom stereocenters. The molecule has 1 atom stereocenters. The number of carboxylic acids is 1. The van der Waals surface area contributed by atoms with Crippen LogP contribution in [0.25, 0.3) is 16.8 Å². The Morgan fingerprint density at radius 1 is 1.11 bits per heavy atom. The van der Waals surface area contributed by atoms with Gasteiger partial charge >= 0.3 is 12.1 Å². The molecule has 0 saturated heterocycles. The van der Waals surface area contributed by atoms with Gasteiger partial charge in [0.05, 0.1) is 17.3 Å². The molecule has 4 aromatic rings. The van der Waals surface area contributed by atoms with Gasteiger partial charge in [-0.2, -0.15) is 10.4 Å². The van der Waals surface area contributed by atoms with Crippen molar-refractivity contribution in [1.29, 1.82) is 5.26 Å². The first-order chi connectivity index (χ1) is 18.3. The van der Waals surface area contributed by atoms with E-state index in [1.165, 1.54) is 10.9 Å². The average molecular weight is 527 g/mol. The molecule has 9 heteroatoms. The number of carbonyl (C=O) groups excluding carboxylic acids is 1. The lowest BCUT2D eigenvalue weighted by atomic mass is 9.93. The second kappa shape index (κ2) is 10.0. The maximum absolute atomic E-state index is 12.8. The molecule has 1 amide bonds. The summed E-state index contributed by atoms with van der Waals surface area (Å²) >= 11 is 6.23. The summed E-state index contributed by atoms with van der Waals surface area (Å²) < 4.78 is 7.01. The second-order valence-electron chi connectivity index (χ2n) is 9.11. The number of hydrogen-bond acceptors (Lipinski definition) is 5. The zero-order chi connectivity index (χ0) is 26.9. The highest BCUT2D eigenvalue weighted by Gasteiger charge is 2.51. The number of para-hydroxylation sites is 1. The van der Waals surface area contributed by atoms with Gasteiger partial charge in [0.1, 0.15) is 17.7 Å². The normalized spacial score (nSPS) is 14.2. The fourth-order valence-electron chi connectivity index (χ4n) is 4.51. The van der Waals surface area contributed by atoms with Crippen LogP contribution < -0.4 is 5.32 Å². The van der Waals surface area contributed by atoms with E-state index in [4.69, 9.17) is 16.3 Å². The van der Waals surface area contributed by atoms with Gasteiger partial charge in [-0.1, -0.05) is 72.3 Å². The summed E-state index contributed by atoms with van der Waals surface area (Å²) in [6, 6.07) is 24.0. The molecule has 1 aromatic heterocycles. The average Bonchev–Trinajstić information content (AvgIpc) is 3.65. The lowest BCUT2D eigenvalue weighted by Crippen LogP contribution is -2.19. The van der Waals surface area contributed by atoms with Crippen molar-refractivity contribution in [2.45, 2.75) is 31.3 Å². The van der Waals surface area contributed by atoms with Crippen molar-refractivity contribution in [3.8, 4) is 22.9 Å². The van der Waals surface area contributed by atoms with Crippen molar-refractivity contribution in [2.75, 3.05) is 5.32 Å². The molecule has 0 radical (unpaired) electrons. The van der Waals surface area contributed by atoms with Gasteiger partial charge in [0, 0.05) is 16.1 Å². The highest BCUT2D eigenvalue weighted by molar-refractivity contribution is 6.31. The Kier molecular flexibility index (Phi) is 6.62. The fraction of sp³-hybridized carbons (Fsp3) is 0.172. The predicted octanol–water partition coefficient (Wildman–Crippen LogP) is 6.49. The standard InChI is InChI=1S/C29H23ClN4O4/c1-18(22-6-2-4-8-24(22)30)38-28(37)33-26-20(16-31)17-32-34(26)25-9-5-3-7-23(25)19-10-12-21(13-11-19)29(14-15-29)27(35)36/h2-13,17-18H,14-15H2,1H3,(H,33,37)(H,35,36). The summed E-state index contributed by atoms with van der Waals surface area (Å²) in [6.07, 6.45) is 1.24. The number of rotatable bonds is 7. The minimum atomic E-state index is -0.808. The molecule has 5 rings (SSSR count). The summed E-state index contributed by atoms with van der Waals surface area (Å²) in [5, 5.41) is 26.8. The zero-order valence-corrected chi connectivity index (χ0v) is 21.1. The number of halogens is 1. The molecular weight excluding hydrogens is 504 g/mol. The molecule has 0 spiro atoms. The van der Waals surface area contributed by atoms with E-state index in [0.717, 1.165) is 16.7 Å². The number of benzene rings is 3. The third-order valence-electron chi connectivity index (χ3n) is 6.78. The van der Waals surface area contributed by atoms with Crippen LogP contribution in [0.15, 0.2) is 79.0 Å². The molecule has 38 heavy (non-hydrogen) atoms. The number of amides is 1. The molecule has 1 fully saturated rings. The van der Waals surface area contributed by atoms with Crippen LogP contribution in [0.3, 0.4) is 0 Å². The lowest BCUT2D eigenvalue weighted by molar-refractivity contribution is -0.140. The molecule has 0 bridgehead atoms. The minimum Gasteiger partial charge on any atom is -0.481 e. The first-order valence-corrected chi connectivity index (χ1v) is 12.4. The number of aromatic nitrogens is 2. The molecule has 2 N–H and O–H groups in total. The summed E-state index contributed by atoms with van der Waals surface area (Å²) in [5.41, 5.74) is 3.04. The number of carbonyl (C=O) groups is 2. The van der Waals surface area contributed by atoms with E-state index in [1.54, 1.807) is 31.2 Å². The molecule has 1 heterocycles. The molecular formula is C29H23ClN4O4. The van der Waals surface area contributed by atoms with E-state index in [1.807, 2.05) is 48.5 Å². The highest BCUT2D eigenvalue weighted by atomic mass is 35.5. The van der Waals surface area contributed by atoms with Gasteiger partial charge in [-0.3, -0.25) is 10.1 Å². The molecule has 1 aliphatic rings. The summed E-state index contributed by atoms with van der Waals surface area (Å²) in [6.45, 7) is 1.71. The van der Waals surface area contributed by atoms with Gasteiger partial charge in [-0.25, -0.2) is 9.48 Å². The maximum atomic E-state index is 12.8. The van der Waals surface area contributed by atoms with Crippen molar-refractivity contribution in [1.82, 2.24) is 9.78 Å². The van der Waals surface area contributed by atoms with Gasteiger partial charge in [0.25, 0.3) is 0 Å². The van der Waals surface area contributed by atoms with Crippen LogP contribution in [0.2, 0.25) is 5.02 Å². The fourth-order valence-corrected chi connectivity index (χ4v) is 4.80. The number of hydrogen-bond donors (Lipinski definition) is 2. The van der Waals surface area contributed by atoms with Crippen LogP contribution >= 0.6 is 11.6 Å². The largest absolute Gasteiger partial charge is 0.481 e. The van der Waals surface area contributed by atoms with Crippen LogP contribution in [0.1, 0.15) is 42.6 Å². The van der Waals surface area contributed by atoms with Crippen molar-refractivity contribution in [3.05, 3.63) is 101 Å². The number of anilines is 1. The second-order valence-corrected chi connectivity index (χ2v) is 9.51. The van der Waals surface area contributed by atoms with Gasteiger partial charge in [0.2, 0.25) is 0 Å². The maximum Gasteiger partial charge on any atom is 0.413 e. The number of nitrogens with zero attached hydrogens (tertiary/aromatic N) is 3. The highest BCUT2D eigenvalue weighted by Crippen LogP contribution is 2.48. The first kappa shape index (κ1) is 25.1. The number of carboxylic acid groups (broad SMARTS) is 1. The minimum absolute atomic E-state index is 0.162. The molecule has 3 aromatic carbocycles. The first-order valence-electron chi connectivity index (χ1n) is 12.0. The monoisotopic (exact) mass is 526 g/mol. The smallest absolute Gasteiger partial charge is 0.413 e. The SMILES string of the molecule is CC(OC(=O)Nc1c(C#N)cnn1-c1ccccc1-c1ccc(C2(C(=O)O)CC2)cc1)c1ccccc1Cl. The Labute approximate surface area is 224 Å². The van der Waals surface area contributed by atoms with Gasteiger partial charge in [-0.05, 0) is 43.0 Å². The van der Waals surface area contributed by atoms with Crippen LogP contribution in [-0.2, 0) is 14.9 Å². The van der Waals surface area contributed by atoms with Crippen molar-refractivity contribution >= 4 is 29.5 Å². The number of aliphatic carboxylic acids is 1. The molecule has 190 valence electrons. The van der Waals surface area contributed by atoms with E-state index >= 15 is 0 Å². The Bertz CT molecular complexity index is 1570. The zero-order valence-electron chi connectivity index (χ0n) is 20.4. The van der Waals surface area contributed by atoms with Gasteiger partial charge in [0.15, 0.2) is 5.82 Å². The van der Waals surface area contributed by atoms with E-state index < -0.39 is 23.6 Å². The number of nitrogens with one attached hydrogen (secondary N) is 1. The third kappa shape index (κ3) is 4.60. The quantitative estimate of drug-likeness (QED) is 0.284. The Morgan fingerprint density at radius 3 is 2.45 bits per heavy atom. The Balaban J connectivity index is 1.44. The van der Waals surface area contributed by atoms with E-state index in [-0.39, 0.29) is 11.4 Å². The Hall–Kier alpha value is -4.61. The summed E-state index contributed by atoms with van der Waals surface area (Å²) in [4.78, 5) is 24.5. The third-order valence-corrected chi connectivity index (χ3v) is 7.12. The van der Waals surface area contributed by atoms with Gasteiger partial charge in [-0.15, -0.1) is 0 Å².